The second-order valence-corrected chi connectivity index (χ2v) is 8.15. The zero-order valence-corrected chi connectivity index (χ0v) is 19.1. The molecule has 28 heavy (non-hydrogen) atoms. The Morgan fingerprint density at radius 2 is 0.714 bits per heavy atom. The van der Waals surface area contributed by atoms with Gasteiger partial charge >= 0.3 is 0 Å². The van der Waals surface area contributed by atoms with Gasteiger partial charge in [-0.2, -0.15) is 0 Å². The molecular weight excluding hydrogens is 352 g/mol. The molecule has 0 saturated heterocycles. The highest BCUT2D eigenvalue weighted by atomic mass is 16.3. The van der Waals surface area contributed by atoms with E-state index in [1.165, 1.54) is 51.4 Å². The molecule has 0 aromatic carbocycles. The van der Waals surface area contributed by atoms with Crippen LogP contribution in [0.25, 0.3) is 0 Å². The summed E-state index contributed by atoms with van der Waals surface area (Å²) in [6, 6.07) is 0. The summed E-state index contributed by atoms with van der Waals surface area (Å²) in [6.07, 6.45) is 19.5. The van der Waals surface area contributed by atoms with E-state index in [2.05, 4.69) is 13.8 Å². The van der Waals surface area contributed by atoms with Gasteiger partial charge in [0.1, 0.15) is 0 Å². The molecule has 0 saturated carbocycles. The Bertz CT molecular complexity index is 235. The fourth-order valence-corrected chi connectivity index (χ4v) is 3.24. The first-order valence-corrected chi connectivity index (χ1v) is 12.2. The van der Waals surface area contributed by atoms with Crippen molar-refractivity contribution in [1.29, 1.82) is 0 Å². The van der Waals surface area contributed by atoms with E-state index in [0.29, 0.717) is 0 Å². The number of hydrogen-bond acceptors (Lipinski definition) is 4. The van der Waals surface area contributed by atoms with E-state index < -0.39 is 0 Å². The first kappa shape index (κ1) is 30.0. The molecule has 4 nitrogen and oxygen atoms in total. The summed E-state index contributed by atoms with van der Waals surface area (Å²) in [5.41, 5.74) is 0. The summed E-state index contributed by atoms with van der Waals surface area (Å²) in [5, 5.41) is 36.2. The summed E-state index contributed by atoms with van der Waals surface area (Å²) in [7, 11) is 0. The van der Waals surface area contributed by atoms with Gasteiger partial charge in [-0.3, -0.25) is 0 Å². The Balaban J connectivity index is 0. The molecule has 0 heterocycles. The van der Waals surface area contributed by atoms with Crippen LogP contribution < -0.4 is 0 Å². The maximum Gasteiger partial charge on any atom is 0.0540 e. The molecule has 0 amide bonds. The zero-order valence-electron chi connectivity index (χ0n) is 19.1. The van der Waals surface area contributed by atoms with E-state index >= 15 is 0 Å². The average Bonchev–Trinajstić information content (AvgIpc) is 2.68. The van der Waals surface area contributed by atoms with Gasteiger partial charge in [0.05, 0.1) is 12.2 Å². The van der Waals surface area contributed by atoms with Gasteiger partial charge in [0.15, 0.2) is 0 Å². The molecule has 0 spiro atoms. The Labute approximate surface area is 175 Å². The van der Waals surface area contributed by atoms with Gasteiger partial charge in [-0.1, -0.05) is 78.1 Å². The second kappa shape index (κ2) is 26.8. The van der Waals surface area contributed by atoms with E-state index in [4.69, 9.17) is 10.2 Å². The van der Waals surface area contributed by atoms with Gasteiger partial charge in [-0.15, -0.1) is 0 Å². The van der Waals surface area contributed by atoms with E-state index in [1.54, 1.807) is 0 Å². The fourth-order valence-electron chi connectivity index (χ4n) is 3.24. The van der Waals surface area contributed by atoms with Crippen molar-refractivity contribution in [2.24, 2.45) is 0 Å². The van der Waals surface area contributed by atoms with Crippen LogP contribution in [0.2, 0.25) is 0 Å². The van der Waals surface area contributed by atoms with Crippen molar-refractivity contribution in [3.63, 3.8) is 0 Å². The lowest BCUT2D eigenvalue weighted by Gasteiger charge is -2.09. The maximum atomic E-state index is 9.55. The van der Waals surface area contributed by atoms with Crippen molar-refractivity contribution in [2.45, 2.75) is 142 Å². The van der Waals surface area contributed by atoms with Crippen LogP contribution >= 0.6 is 0 Å². The zero-order chi connectivity index (χ0) is 21.3. The highest BCUT2D eigenvalue weighted by Gasteiger charge is 2.03. The monoisotopic (exact) mass is 404 g/mol. The summed E-state index contributed by atoms with van der Waals surface area (Å²) in [5.74, 6) is 0. The summed E-state index contributed by atoms with van der Waals surface area (Å²) < 4.78 is 0. The quantitative estimate of drug-likeness (QED) is 0.195. The molecule has 0 rings (SSSR count). The standard InChI is InChI=1S/2C12H26O2/c2*1-2-3-4-5-6-9-12(14)10-7-8-11-13/h2*12-14H,2-11H2,1H3. The van der Waals surface area contributed by atoms with Crippen molar-refractivity contribution < 1.29 is 20.4 Å². The molecule has 0 aromatic rings. The molecule has 172 valence electrons. The predicted molar refractivity (Wildman–Crippen MR) is 121 cm³/mol. The van der Waals surface area contributed by atoms with Crippen LogP contribution in [-0.4, -0.2) is 45.8 Å². The topological polar surface area (TPSA) is 80.9 Å². The van der Waals surface area contributed by atoms with Crippen LogP contribution in [0.4, 0.5) is 0 Å². The minimum absolute atomic E-state index is 0.136. The minimum Gasteiger partial charge on any atom is -0.396 e. The summed E-state index contributed by atoms with van der Waals surface area (Å²) in [6.45, 7) is 4.93. The highest BCUT2D eigenvalue weighted by molar-refractivity contribution is 4.57. The smallest absolute Gasteiger partial charge is 0.0540 e. The third kappa shape index (κ3) is 28.1. The molecule has 0 radical (unpaired) electrons. The normalized spacial score (nSPS) is 13.1. The van der Waals surface area contributed by atoms with Crippen LogP contribution in [0.15, 0.2) is 0 Å². The van der Waals surface area contributed by atoms with Gasteiger partial charge in [0.25, 0.3) is 0 Å². The Hall–Kier alpha value is -0.160. The molecule has 0 bridgehead atoms. The second-order valence-electron chi connectivity index (χ2n) is 8.15. The maximum absolute atomic E-state index is 9.55. The summed E-state index contributed by atoms with van der Waals surface area (Å²) >= 11 is 0. The molecule has 2 atom stereocenters. The molecule has 0 aliphatic carbocycles. The molecule has 0 aromatic heterocycles. The Kier molecular flexibility index (Phi) is 28.8. The van der Waals surface area contributed by atoms with Crippen molar-refractivity contribution >= 4 is 0 Å². The van der Waals surface area contributed by atoms with Crippen molar-refractivity contribution in [2.75, 3.05) is 13.2 Å². The SMILES string of the molecule is CCCCCCCC(O)CCCCO.CCCCCCCC(O)CCCCO. The molecule has 4 N–H and O–H groups in total. The Morgan fingerprint density at radius 1 is 0.429 bits per heavy atom. The average molecular weight is 405 g/mol. The molecule has 0 fully saturated rings. The summed E-state index contributed by atoms with van der Waals surface area (Å²) in [4.78, 5) is 0. The van der Waals surface area contributed by atoms with Gasteiger partial charge in [0, 0.05) is 13.2 Å². The van der Waals surface area contributed by atoms with Crippen LogP contribution in [0.3, 0.4) is 0 Å². The first-order chi connectivity index (χ1) is 13.6. The highest BCUT2D eigenvalue weighted by Crippen LogP contribution is 2.12. The van der Waals surface area contributed by atoms with Crippen molar-refractivity contribution in [1.82, 2.24) is 0 Å². The van der Waals surface area contributed by atoms with Crippen LogP contribution in [0.1, 0.15) is 129 Å². The van der Waals surface area contributed by atoms with E-state index in [0.717, 1.165) is 64.2 Å². The number of aliphatic hydroxyl groups excluding tert-OH is 4. The van der Waals surface area contributed by atoms with E-state index in [-0.39, 0.29) is 25.4 Å². The van der Waals surface area contributed by atoms with Crippen molar-refractivity contribution in [3.05, 3.63) is 0 Å². The predicted octanol–water partition coefficient (Wildman–Crippen LogP) is 5.74. The fraction of sp³-hybridized carbons (Fsp3) is 1.00. The molecular formula is C24H52O4. The third-order valence-electron chi connectivity index (χ3n) is 5.17. The molecule has 4 heteroatoms. The van der Waals surface area contributed by atoms with Crippen LogP contribution in [-0.2, 0) is 0 Å². The lowest BCUT2D eigenvalue weighted by Crippen LogP contribution is -2.06. The van der Waals surface area contributed by atoms with Gasteiger partial charge < -0.3 is 20.4 Å². The largest absolute Gasteiger partial charge is 0.396 e. The lowest BCUT2D eigenvalue weighted by molar-refractivity contribution is 0.143. The lowest BCUT2D eigenvalue weighted by atomic mass is 10.0. The Morgan fingerprint density at radius 3 is 1.00 bits per heavy atom. The van der Waals surface area contributed by atoms with Gasteiger partial charge in [-0.05, 0) is 51.4 Å². The molecule has 0 aliphatic rings. The minimum atomic E-state index is -0.136. The number of rotatable bonds is 20. The number of hydrogen-bond donors (Lipinski definition) is 4. The van der Waals surface area contributed by atoms with Crippen LogP contribution in [0, 0.1) is 0 Å². The van der Waals surface area contributed by atoms with Crippen LogP contribution in [0.5, 0.6) is 0 Å². The molecule has 2 unspecified atom stereocenters. The third-order valence-corrected chi connectivity index (χ3v) is 5.17. The molecule has 0 aliphatic heterocycles. The van der Waals surface area contributed by atoms with Crippen molar-refractivity contribution in [3.8, 4) is 0 Å². The number of unbranched alkanes of at least 4 members (excludes halogenated alkanes) is 10. The van der Waals surface area contributed by atoms with Gasteiger partial charge in [-0.25, -0.2) is 0 Å². The first-order valence-electron chi connectivity index (χ1n) is 12.2. The van der Waals surface area contributed by atoms with E-state index in [1.807, 2.05) is 0 Å². The van der Waals surface area contributed by atoms with Gasteiger partial charge in [0.2, 0.25) is 0 Å². The van der Waals surface area contributed by atoms with E-state index in [9.17, 15) is 10.2 Å². The number of aliphatic hydroxyl groups is 4.